The minimum absolute atomic E-state index is 0.00922. The van der Waals surface area contributed by atoms with Crippen LogP contribution < -0.4 is 15.4 Å². The van der Waals surface area contributed by atoms with Gasteiger partial charge in [0.2, 0.25) is 0 Å². The molecule has 2 aromatic carbocycles. The molecule has 23 heavy (non-hydrogen) atoms. The van der Waals surface area contributed by atoms with Crippen molar-refractivity contribution in [2.45, 2.75) is 12.5 Å². The van der Waals surface area contributed by atoms with Crippen LogP contribution in [-0.4, -0.2) is 24.8 Å². The number of methoxy groups -OCH3 is 1. The smallest absolute Gasteiger partial charge is 0.319 e. The standard InChI is InChI=1S/C17H19FN2O3/c1-17(22,12-6-4-3-5-7-12)11-19-16(21)20-14-8-13(18)9-15(10-14)23-2/h3-10,22H,11H2,1-2H3,(H2,19,20,21). The number of nitrogens with one attached hydrogen (secondary N) is 2. The number of amides is 2. The third kappa shape index (κ3) is 4.69. The lowest BCUT2D eigenvalue weighted by molar-refractivity contribution is 0.0599. The second-order valence-electron chi connectivity index (χ2n) is 5.33. The summed E-state index contributed by atoms with van der Waals surface area (Å²) in [4.78, 5) is 11.9. The lowest BCUT2D eigenvalue weighted by Gasteiger charge is -2.24. The van der Waals surface area contributed by atoms with Crippen LogP contribution in [0.2, 0.25) is 0 Å². The minimum Gasteiger partial charge on any atom is -0.497 e. The highest BCUT2D eigenvalue weighted by atomic mass is 19.1. The summed E-state index contributed by atoms with van der Waals surface area (Å²) >= 11 is 0. The van der Waals surface area contributed by atoms with Gasteiger partial charge in [-0.1, -0.05) is 30.3 Å². The molecule has 0 aliphatic rings. The second-order valence-corrected chi connectivity index (χ2v) is 5.33. The van der Waals surface area contributed by atoms with E-state index >= 15 is 0 Å². The zero-order valence-electron chi connectivity index (χ0n) is 13.0. The summed E-state index contributed by atoms with van der Waals surface area (Å²) in [5.41, 5.74) is -0.260. The highest BCUT2D eigenvalue weighted by Crippen LogP contribution is 2.21. The fraction of sp³-hybridized carbons (Fsp3) is 0.235. The van der Waals surface area contributed by atoms with Crippen molar-refractivity contribution >= 4 is 11.7 Å². The SMILES string of the molecule is COc1cc(F)cc(NC(=O)NCC(C)(O)c2ccccc2)c1. The zero-order valence-corrected chi connectivity index (χ0v) is 13.0. The van der Waals surface area contributed by atoms with Gasteiger partial charge in [0.15, 0.2) is 0 Å². The summed E-state index contributed by atoms with van der Waals surface area (Å²) in [6.07, 6.45) is 0. The van der Waals surface area contributed by atoms with Crippen LogP contribution in [0.4, 0.5) is 14.9 Å². The van der Waals surface area contributed by atoms with E-state index in [4.69, 9.17) is 4.74 Å². The van der Waals surface area contributed by atoms with Gasteiger partial charge in [-0.25, -0.2) is 9.18 Å². The summed E-state index contributed by atoms with van der Waals surface area (Å²) in [6.45, 7) is 1.61. The van der Waals surface area contributed by atoms with Crippen LogP contribution in [-0.2, 0) is 5.60 Å². The third-order valence-electron chi connectivity index (χ3n) is 3.35. The number of ether oxygens (including phenoxy) is 1. The molecule has 0 saturated heterocycles. The van der Waals surface area contributed by atoms with Gasteiger partial charge in [0.1, 0.15) is 17.2 Å². The van der Waals surface area contributed by atoms with Crippen molar-refractivity contribution in [3.63, 3.8) is 0 Å². The molecular weight excluding hydrogens is 299 g/mol. The first-order valence-corrected chi connectivity index (χ1v) is 7.08. The molecule has 0 saturated carbocycles. The van der Waals surface area contributed by atoms with E-state index < -0.39 is 17.4 Å². The van der Waals surface area contributed by atoms with Gasteiger partial charge in [-0.2, -0.15) is 0 Å². The molecule has 0 bridgehead atoms. The maximum atomic E-state index is 13.4. The Morgan fingerprint density at radius 1 is 1.26 bits per heavy atom. The van der Waals surface area contributed by atoms with Crippen molar-refractivity contribution in [2.75, 3.05) is 19.0 Å². The molecule has 0 aliphatic carbocycles. The summed E-state index contributed by atoms with van der Waals surface area (Å²) in [5.74, 6) is -0.215. The monoisotopic (exact) mass is 318 g/mol. The van der Waals surface area contributed by atoms with Gasteiger partial charge in [0.05, 0.1) is 13.7 Å². The topological polar surface area (TPSA) is 70.6 Å². The Labute approximate surface area is 134 Å². The molecule has 3 N–H and O–H groups in total. The first-order chi connectivity index (χ1) is 10.9. The number of hydrogen-bond acceptors (Lipinski definition) is 3. The molecule has 0 aliphatic heterocycles. The van der Waals surface area contributed by atoms with Gasteiger partial charge < -0.3 is 20.5 Å². The summed E-state index contributed by atoms with van der Waals surface area (Å²) in [6, 6.07) is 12.4. The van der Waals surface area contributed by atoms with E-state index in [2.05, 4.69) is 10.6 Å². The van der Waals surface area contributed by atoms with E-state index in [9.17, 15) is 14.3 Å². The lowest BCUT2D eigenvalue weighted by Crippen LogP contribution is -2.40. The van der Waals surface area contributed by atoms with Gasteiger partial charge in [-0.05, 0) is 18.6 Å². The number of urea groups is 1. The van der Waals surface area contributed by atoms with E-state index in [0.717, 1.165) is 0 Å². The van der Waals surface area contributed by atoms with Crippen molar-refractivity contribution in [3.05, 3.63) is 59.9 Å². The Balaban J connectivity index is 1.96. The normalized spacial score (nSPS) is 13.0. The average molecular weight is 318 g/mol. The van der Waals surface area contributed by atoms with Crippen LogP contribution in [0.3, 0.4) is 0 Å². The fourth-order valence-corrected chi connectivity index (χ4v) is 2.08. The minimum atomic E-state index is -1.21. The van der Waals surface area contributed by atoms with Crippen molar-refractivity contribution in [2.24, 2.45) is 0 Å². The van der Waals surface area contributed by atoms with E-state index in [1.165, 1.54) is 25.3 Å². The lowest BCUT2D eigenvalue weighted by atomic mass is 9.96. The van der Waals surface area contributed by atoms with E-state index in [0.29, 0.717) is 11.3 Å². The van der Waals surface area contributed by atoms with Crippen molar-refractivity contribution < 1.29 is 19.0 Å². The van der Waals surface area contributed by atoms with Crippen LogP contribution in [0, 0.1) is 5.82 Å². The highest BCUT2D eigenvalue weighted by Gasteiger charge is 2.23. The molecule has 0 spiro atoms. The van der Waals surface area contributed by atoms with Crippen LogP contribution in [0.1, 0.15) is 12.5 Å². The Morgan fingerprint density at radius 3 is 2.61 bits per heavy atom. The molecular formula is C17H19FN2O3. The maximum Gasteiger partial charge on any atom is 0.319 e. The maximum absolute atomic E-state index is 13.4. The molecule has 2 aromatic rings. The van der Waals surface area contributed by atoms with Gasteiger partial charge in [-0.15, -0.1) is 0 Å². The predicted molar refractivity (Wildman–Crippen MR) is 86.0 cm³/mol. The second kappa shape index (κ2) is 7.11. The van der Waals surface area contributed by atoms with Crippen LogP contribution in [0.5, 0.6) is 5.75 Å². The van der Waals surface area contributed by atoms with Crippen LogP contribution in [0.15, 0.2) is 48.5 Å². The van der Waals surface area contributed by atoms with E-state index in [-0.39, 0.29) is 12.2 Å². The summed E-state index contributed by atoms with van der Waals surface area (Å²) in [7, 11) is 1.41. The number of hydrogen-bond donors (Lipinski definition) is 3. The predicted octanol–water partition coefficient (Wildman–Crippen LogP) is 2.86. The first kappa shape index (κ1) is 16.8. The number of anilines is 1. The molecule has 1 unspecified atom stereocenters. The number of aliphatic hydroxyl groups is 1. The van der Waals surface area contributed by atoms with Gasteiger partial charge in [0.25, 0.3) is 0 Å². The molecule has 6 heteroatoms. The number of benzene rings is 2. The highest BCUT2D eigenvalue weighted by molar-refractivity contribution is 5.89. The molecule has 0 fully saturated rings. The first-order valence-electron chi connectivity index (χ1n) is 7.08. The molecule has 122 valence electrons. The Morgan fingerprint density at radius 2 is 1.96 bits per heavy atom. The Kier molecular flexibility index (Phi) is 5.18. The summed E-state index contributed by atoms with van der Waals surface area (Å²) in [5, 5.41) is 15.5. The Bertz CT molecular complexity index is 675. The van der Waals surface area contributed by atoms with Gasteiger partial charge in [0, 0.05) is 17.8 Å². The van der Waals surface area contributed by atoms with Crippen molar-refractivity contribution in [1.82, 2.24) is 5.32 Å². The molecule has 0 radical (unpaired) electrons. The van der Waals surface area contributed by atoms with E-state index in [1.807, 2.05) is 18.2 Å². The van der Waals surface area contributed by atoms with Crippen LogP contribution in [0.25, 0.3) is 0 Å². The van der Waals surface area contributed by atoms with Gasteiger partial charge in [-0.3, -0.25) is 0 Å². The van der Waals surface area contributed by atoms with E-state index in [1.54, 1.807) is 19.1 Å². The number of carbonyl (C=O) groups excluding carboxylic acids is 1. The molecule has 2 amide bonds. The molecule has 0 aromatic heterocycles. The molecule has 5 nitrogen and oxygen atoms in total. The third-order valence-corrected chi connectivity index (χ3v) is 3.35. The van der Waals surface area contributed by atoms with Crippen molar-refractivity contribution in [1.29, 1.82) is 0 Å². The van der Waals surface area contributed by atoms with Crippen LogP contribution >= 0.6 is 0 Å². The Hall–Kier alpha value is -2.60. The average Bonchev–Trinajstić information content (AvgIpc) is 2.53. The molecule has 2 rings (SSSR count). The number of halogens is 1. The zero-order chi connectivity index (χ0) is 16.9. The largest absolute Gasteiger partial charge is 0.497 e. The number of rotatable bonds is 5. The molecule has 0 heterocycles. The quantitative estimate of drug-likeness (QED) is 0.794. The summed E-state index contributed by atoms with van der Waals surface area (Å²) < 4.78 is 18.3. The molecule has 1 atom stereocenters. The van der Waals surface area contributed by atoms with Gasteiger partial charge >= 0.3 is 6.03 Å². The number of carbonyl (C=O) groups is 1. The van der Waals surface area contributed by atoms with Crippen molar-refractivity contribution in [3.8, 4) is 5.75 Å². The fourth-order valence-electron chi connectivity index (χ4n) is 2.08.